The van der Waals surface area contributed by atoms with E-state index in [2.05, 4.69) is 5.32 Å². The van der Waals surface area contributed by atoms with Crippen LogP contribution in [-0.2, 0) is 15.7 Å². The van der Waals surface area contributed by atoms with Crippen LogP contribution in [0.4, 0.5) is 13.2 Å². The van der Waals surface area contributed by atoms with Crippen LogP contribution < -0.4 is 5.32 Å². The van der Waals surface area contributed by atoms with E-state index in [1.807, 2.05) is 0 Å². The molecule has 4 nitrogen and oxygen atoms in total. The topological polar surface area (TPSA) is 55.4 Å². The summed E-state index contributed by atoms with van der Waals surface area (Å²) in [6.45, 7) is -0.230. The summed E-state index contributed by atoms with van der Waals surface area (Å²) in [5, 5.41) is 2.09. The van der Waals surface area contributed by atoms with E-state index in [1.54, 1.807) is 0 Å². The van der Waals surface area contributed by atoms with Gasteiger partial charge in [-0.2, -0.15) is 13.2 Å². The van der Waals surface area contributed by atoms with Crippen LogP contribution in [0.3, 0.4) is 0 Å². The van der Waals surface area contributed by atoms with Crippen LogP contribution in [0.5, 0.6) is 0 Å². The van der Waals surface area contributed by atoms with Gasteiger partial charge in [-0.15, -0.1) is 0 Å². The molecule has 0 bridgehead atoms. The van der Waals surface area contributed by atoms with Gasteiger partial charge in [-0.25, -0.2) is 4.79 Å². The molecular weight excluding hydrogens is 299 g/mol. The Labute approximate surface area is 117 Å². The second-order valence-electron chi connectivity index (χ2n) is 3.79. The monoisotopic (exact) mass is 309 g/mol. The molecule has 1 amide bonds. The summed E-state index contributed by atoms with van der Waals surface area (Å²) in [4.78, 5) is 22.5. The van der Waals surface area contributed by atoms with Crippen molar-refractivity contribution in [1.82, 2.24) is 5.32 Å². The first-order valence-electron chi connectivity index (χ1n) is 5.49. The molecule has 0 saturated heterocycles. The fourth-order valence-electron chi connectivity index (χ4n) is 1.32. The summed E-state index contributed by atoms with van der Waals surface area (Å²) in [7, 11) is 1.41. The molecule has 1 rings (SSSR count). The molecule has 0 radical (unpaired) electrons. The lowest BCUT2D eigenvalue weighted by atomic mass is 10.1. The van der Waals surface area contributed by atoms with E-state index in [0.29, 0.717) is 12.1 Å². The number of carbonyl (C=O) groups is 2. The van der Waals surface area contributed by atoms with Gasteiger partial charge < -0.3 is 10.1 Å². The number of nitrogens with one attached hydrogen (secondary N) is 1. The molecule has 8 heteroatoms. The highest BCUT2D eigenvalue weighted by Crippen LogP contribution is 2.32. The largest absolute Gasteiger partial charge is 0.462 e. The number of benzene rings is 1. The first kappa shape index (κ1) is 16.3. The Morgan fingerprint density at radius 1 is 1.30 bits per heavy atom. The molecule has 0 heterocycles. The zero-order valence-electron chi connectivity index (χ0n) is 10.4. The number of amides is 1. The molecular formula is C12H11ClF3NO3. The first-order valence-corrected chi connectivity index (χ1v) is 5.87. The van der Waals surface area contributed by atoms with Crippen molar-refractivity contribution in [1.29, 1.82) is 0 Å². The molecule has 0 fully saturated rings. The molecule has 0 spiro atoms. The molecule has 110 valence electrons. The Morgan fingerprint density at radius 2 is 1.95 bits per heavy atom. The van der Waals surface area contributed by atoms with E-state index in [0.717, 1.165) is 6.07 Å². The average Bonchev–Trinajstić information content (AvgIpc) is 2.36. The van der Waals surface area contributed by atoms with Gasteiger partial charge in [0.15, 0.2) is 0 Å². The zero-order valence-corrected chi connectivity index (χ0v) is 11.1. The Balaban J connectivity index is 2.78. The number of carbonyl (C=O) groups excluding carboxylic acids is 2. The molecule has 0 unspecified atom stereocenters. The van der Waals surface area contributed by atoms with E-state index in [-0.39, 0.29) is 29.5 Å². The van der Waals surface area contributed by atoms with Crippen molar-refractivity contribution in [3.63, 3.8) is 0 Å². The molecule has 1 N–H and O–H groups in total. The predicted octanol–water partition coefficient (Wildman–Crippen LogP) is 2.65. The third-order valence-electron chi connectivity index (χ3n) is 2.30. The molecule has 1 aromatic carbocycles. The van der Waals surface area contributed by atoms with Gasteiger partial charge in [0.05, 0.1) is 17.5 Å². The summed E-state index contributed by atoms with van der Waals surface area (Å²) in [5.41, 5.74) is -1.36. The molecule has 0 aliphatic rings. The van der Waals surface area contributed by atoms with Gasteiger partial charge in [0.25, 0.3) is 0 Å². The van der Waals surface area contributed by atoms with Gasteiger partial charge in [-0.05, 0) is 18.2 Å². The number of rotatable bonds is 4. The minimum atomic E-state index is -4.61. The summed E-state index contributed by atoms with van der Waals surface area (Å²) in [5.74, 6) is -1.32. The maximum Gasteiger partial charge on any atom is 0.416 e. The summed E-state index contributed by atoms with van der Waals surface area (Å²) >= 11 is 5.54. The van der Waals surface area contributed by atoms with Crippen LogP contribution in [0.15, 0.2) is 18.2 Å². The summed E-state index contributed by atoms with van der Waals surface area (Å²) in [6.07, 6.45) is -4.68. The van der Waals surface area contributed by atoms with Crippen molar-refractivity contribution in [2.75, 3.05) is 13.7 Å². The molecule has 0 atom stereocenters. The molecule has 0 aliphatic carbocycles. The minimum Gasteiger partial charge on any atom is -0.462 e. The third kappa shape index (κ3) is 4.73. The summed E-state index contributed by atoms with van der Waals surface area (Å²) < 4.78 is 42.4. The number of halogens is 4. The van der Waals surface area contributed by atoms with Crippen LogP contribution in [0.2, 0.25) is 5.02 Å². The Morgan fingerprint density at radius 3 is 2.50 bits per heavy atom. The molecule has 1 aromatic rings. The number of esters is 1. The van der Waals surface area contributed by atoms with Gasteiger partial charge >= 0.3 is 12.1 Å². The standard InChI is InChI=1S/C12H11ClF3NO3/c1-17-10(18)2-3-20-11(19)7-4-8(12(14,15)16)6-9(13)5-7/h4-6H,2-3H2,1H3,(H,17,18). The number of hydrogen-bond donors (Lipinski definition) is 1. The smallest absolute Gasteiger partial charge is 0.416 e. The second kappa shape index (κ2) is 6.60. The number of ether oxygens (including phenoxy) is 1. The molecule has 0 aromatic heterocycles. The van der Waals surface area contributed by atoms with Crippen LogP contribution in [-0.4, -0.2) is 25.5 Å². The van der Waals surface area contributed by atoms with Gasteiger partial charge in [0, 0.05) is 12.1 Å². The van der Waals surface area contributed by atoms with Gasteiger partial charge in [-0.3, -0.25) is 4.79 Å². The predicted molar refractivity (Wildman–Crippen MR) is 65.4 cm³/mol. The quantitative estimate of drug-likeness (QED) is 0.870. The van der Waals surface area contributed by atoms with Crippen LogP contribution in [0.1, 0.15) is 22.3 Å². The minimum absolute atomic E-state index is 0.0745. The van der Waals surface area contributed by atoms with E-state index >= 15 is 0 Å². The lowest BCUT2D eigenvalue weighted by Crippen LogP contribution is -2.20. The van der Waals surface area contributed by atoms with Crippen molar-refractivity contribution in [2.24, 2.45) is 0 Å². The van der Waals surface area contributed by atoms with Gasteiger partial charge in [-0.1, -0.05) is 11.6 Å². The highest BCUT2D eigenvalue weighted by atomic mass is 35.5. The number of alkyl halides is 3. The van der Waals surface area contributed by atoms with Gasteiger partial charge in [0.1, 0.15) is 6.61 Å². The average molecular weight is 310 g/mol. The fourth-order valence-corrected chi connectivity index (χ4v) is 1.55. The van der Waals surface area contributed by atoms with Crippen LogP contribution in [0, 0.1) is 0 Å². The normalized spacial score (nSPS) is 11.1. The SMILES string of the molecule is CNC(=O)CCOC(=O)c1cc(Cl)cc(C(F)(F)F)c1. The van der Waals surface area contributed by atoms with Crippen molar-refractivity contribution in [2.45, 2.75) is 12.6 Å². The van der Waals surface area contributed by atoms with E-state index in [1.165, 1.54) is 7.05 Å². The fraction of sp³-hybridized carbons (Fsp3) is 0.333. The lowest BCUT2D eigenvalue weighted by Gasteiger charge is -2.10. The highest BCUT2D eigenvalue weighted by Gasteiger charge is 2.31. The molecule has 0 aliphatic heterocycles. The summed E-state index contributed by atoms with van der Waals surface area (Å²) in [6, 6.07) is 2.43. The van der Waals surface area contributed by atoms with E-state index in [4.69, 9.17) is 16.3 Å². The Bertz CT molecular complexity index is 517. The van der Waals surface area contributed by atoms with Crippen molar-refractivity contribution >= 4 is 23.5 Å². The maximum atomic E-state index is 12.6. The molecule has 20 heavy (non-hydrogen) atoms. The molecule has 0 saturated carbocycles. The van der Waals surface area contributed by atoms with Crippen LogP contribution in [0.25, 0.3) is 0 Å². The Kier molecular flexibility index (Phi) is 5.38. The Hall–Kier alpha value is -1.76. The first-order chi connectivity index (χ1) is 9.24. The van der Waals surface area contributed by atoms with Crippen molar-refractivity contribution in [3.05, 3.63) is 34.3 Å². The van der Waals surface area contributed by atoms with E-state index < -0.39 is 17.7 Å². The van der Waals surface area contributed by atoms with Crippen molar-refractivity contribution < 1.29 is 27.5 Å². The number of hydrogen-bond acceptors (Lipinski definition) is 3. The van der Waals surface area contributed by atoms with Crippen LogP contribution >= 0.6 is 11.6 Å². The van der Waals surface area contributed by atoms with Gasteiger partial charge in [0.2, 0.25) is 5.91 Å². The van der Waals surface area contributed by atoms with E-state index in [9.17, 15) is 22.8 Å². The highest BCUT2D eigenvalue weighted by molar-refractivity contribution is 6.31. The lowest BCUT2D eigenvalue weighted by molar-refractivity contribution is -0.137. The second-order valence-corrected chi connectivity index (χ2v) is 4.22. The van der Waals surface area contributed by atoms with Crippen molar-refractivity contribution in [3.8, 4) is 0 Å². The zero-order chi connectivity index (χ0) is 15.3. The third-order valence-corrected chi connectivity index (χ3v) is 2.52. The maximum absolute atomic E-state index is 12.6.